The molecule has 0 heterocycles. The molecule has 60 valence electrons. The number of halogens is 1. The van der Waals surface area contributed by atoms with Crippen molar-refractivity contribution in [3.63, 3.8) is 0 Å². The molecule has 0 radical (unpaired) electrons. The highest BCUT2D eigenvalue weighted by Gasteiger charge is 1.94. The molecule has 0 spiro atoms. The second-order valence-electron chi connectivity index (χ2n) is 2.87. The zero-order valence-electron chi connectivity index (χ0n) is 6.84. The lowest BCUT2D eigenvalue weighted by Gasteiger charge is -2.08. The van der Waals surface area contributed by atoms with E-state index < -0.39 is 0 Å². The van der Waals surface area contributed by atoms with Gasteiger partial charge in [-0.3, -0.25) is 0 Å². The fraction of sp³-hybridized carbons (Fsp3) is 0.333. The molecule has 0 aromatic heterocycles. The monoisotopic (exact) mass is 261 g/mol. The smallest absolute Gasteiger partial charge is 0.0228 e. The Morgan fingerprint density at radius 3 is 2.64 bits per heavy atom. The molecule has 1 aromatic rings. The average molecular weight is 261 g/mol. The molecule has 1 aromatic carbocycles. The van der Waals surface area contributed by atoms with Gasteiger partial charge in [-0.15, -0.1) is 0 Å². The molecule has 1 nitrogen and oxygen atoms in total. The summed E-state index contributed by atoms with van der Waals surface area (Å²) in [5.41, 5.74) is 1.38. The van der Waals surface area contributed by atoms with Crippen molar-refractivity contribution in [1.29, 1.82) is 0 Å². The summed E-state index contributed by atoms with van der Waals surface area (Å²) in [6, 6.07) is 8.57. The normalized spacial score (nSPS) is 10.5. The molecule has 0 aliphatic heterocycles. The summed E-state index contributed by atoms with van der Waals surface area (Å²) < 4.78 is 1.31. The van der Waals surface area contributed by atoms with Crippen LogP contribution in [0.1, 0.15) is 5.56 Å². The Morgan fingerprint density at radius 2 is 2.09 bits per heavy atom. The summed E-state index contributed by atoms with van der Waals surface area (Å²) in [5.74, 6) is 0. The van der Waals surface area contributed by atoms with Gasteiger partial charge in [0.05, 0.1) is 0 Å². The van der Waals surface area contributed by atoms with E-state index in [4.69, 9.17) is 0 Å². The van der Waals surface area contributed by atoms with Crippen LogP contribution in [0.5, 0.6) is 0 Å². The highest BCUT2D eigenvalue weighted by Crippen LogP contribution is 2.08. The lowest BCUT2D eigenvalue weighted by Crippen LogP contribution is -2.10. The third-order valence-corrected chi connectivity index (χ3v) is 2.06. The third kappa shape index (κ3) is 3.20. The van der Waals surface area contributed by atoms with E-state index in [9.17, 15) is 0 Å². The quantitative estimate of drug-likeness (QED) is 0.739. The Balaban J connectivity index is 2.71. The van der Waals surface area contributed by atoms with Gasteiger partial charge in [0.1, 0.15) is 0 Å². The first kappa shape index (κ1) is 9.00. The summed E-state index contributed by atoms with van der Waals surface area (Å²) >= 11 is 2.33. The van der Waals surface area contributed by atoms with Crippen LogP contribution in [0.4, 0.5) is 0 Å². The van der Waals surface area contributed by atoms with Crippen molar-refractivity contribution in [3.8, 4) is 0 Å². The van der Waals surface area contributed by atoms with Gasteiger partial charge in [0.15, 0.2) is 0 Å². The Bertz CT molecular complexity index is 233. The minimum absolute atomic E-state index is 1.02. The molecule has 1 rings (SSSR count). The fourth-order valence-corrected chi connectivity index (χ4v) is 1.61. The Labute approximate surface area is 81.5 Å². The fourth-order valence-electron chi connectivity index (χ4n) is 1.00. The van der Waals surface area contributed by atoms with Crippen molar-refractivity contribution < 1.29 is 0 Å². The van der Waals surface area contributed by atoms with Gasteiger partial charge in [-0.05, 0) is 54.4 Å². The van der Waals surface area contributed by atoms with E-state index in [1.807, 2.05) is 0 Å². The molecule has 0 saturated heterocycles. The molecule has 0 atom stereocenters. The standard InChI is InChI=1S/C9H12IN/c1-11(2)7-8-4-3-5-9(10)6-8/h3-6H,7H2,1-2H3. The third-order valence-electron chi connectivity index (χ3n) is 1.39. The number of hydrogen-bond donors (Lipinski definition) is 0. The van der Waals surface area contributed by atoms with Gasteiger partial charge >= 0.3 is 0 Å². The zero-order valence-corrected chi connectivity index (χ0v) is 9.00. The van der Waals surface area contributed by atoms with Crippen molar-refractivity contribution in [2.24, 2.45) is 0 Å². The van der Waals surface area contributed by atoms with E-state index >= 15 is 0 Å². The molecule has 0 saturated carbocycles. The lowest BCUT2D eigenvalue weighted by atomic mass is 10.2. The summed E-state index contributed by atoms with van der Waals surface area (Å²) in [6.07, 6.45) is 0. The van der Waals surface area contributed by atoms with Crippen LogP contribution in [0.3, 0.4) is 0 Å². The average Bonchev–Trinajstić information content (AvgIpc) is 1.85. The zero-order chi connectivity index (χ0) is 8.27. The van der Waals surface area contributed by atoms with Gasteiger partial charge in [-0.25, -0.2) is 0 Å². The number of rotatable bonds is 2. The van der Waals surface area contributed by atoms with E-state index in [-0.39, 0.29) is 0 Å². The molecular formula is C9H12IN. The molecule has 0 amide bonds. The minimum atomic E-state index is 1.02. The SMILES string of the molecule is CN(C)Cc1cccc(I)c1. The van der Waals surface area contributed by atoms with Gasteiger partial charge < -0.3 is 4.90 Å². The minimum Gasteiger partial charge on any atom is -0.305 e. The Morgan fingerprint density at radius 1 is 1.36 bits per heavy atom. The van der Waals surface area contributed by atoms with Crippen LogP contribution in [-0.4, -0.2) is 19.0 Å². The maximum atomic E-state index is 2.33. The van der Waals surface area contributed by atoms with Crippen LogP contribution in [0.15, 0.2) is 24.3 Å². The molecule has 0 fully saturated rings. The molecule has 0 aliphatic rings. The van der Waals surface area contributed by atoms with Crippen molar-refractivity contribution >= 4 is 22.6 Å². The van der Waals surface area contributed by atoms with Crippen molar-refractivity contribution in [2.75, 3.05) is 14.1 Å². The first-order chi connectivity index (χ1) is 5.18. The van der Waals surface area contributed by atoms with Crippen LogP contribution in [0.25, 0.3) is 0 Å². The summed E-state index contributed by atoms with van der Waals surface area (Å²) in [5, 5.41) is 0. The van der Waals surface area contributed by atoms with Crippen molar-refractivity contribution in [3.05, 3.63) is 33.4 Å². The van der Waals surface area contributed by atoms with Gasteiger partial charge in [0, 0.05) is 10.1 Å². The first-order valence-electron chi connectivity index (χ1n) is 3.57. The highest BCUT2D eigenvalue weighted by atomic mass is 127. The molecule has 0 aliphatic carbocycles. The summed E-state index contributed by atoms with van der Waals surface area (Å²) in [6.45, 7) is 1.02. The van der Waals surface area contributed by atoms with Crippen LogP contribution >= 0.6 is 22.6 Å². The second kappa shape index (κ2) is 4.07. The number of benzene rings is 1. The molecule has 0 bridgehead atoms. The lowest BCUT2D eigenvalue weighted by molar-refractivity contribution is 0.402. The van der Waals surface area contributed by atoms with Gasteiger partial charge in [0.2, 0.25) is 0 Å². The molecule has 0 N–H and O–H groups in total. The summed E-state index contributed by atoms with van der Waals surface area (Å²) in [4.78, 5) is 2.17. The largest absolute Gasteiger partial charge is 0.305 e. The number of nitrogens with zero attached hydrogens (tertiary/aromatic N) is 1. The van der Waals surface area contributed by atoms with Gasteiger partial charge in [-0.2, -0.15) is 0 Å². The van der Waals surface area contributed by atoms with E-state index in [1.54, 1.807) is 0 Å². The molecule has 11 heavy (non-hydrogen) atoms. The van der Waals surface area contributed by atoms with Gasteiger partial charge in [-0.1, -0.05) is 12.1 Å². The number of hydrogen-bond acceptors (Lipinski definition) is 1. The molecule has 0 unspecified atom stereocenters. The van der Waals surface area contributed by atoms with Crippen LogP contribution in [0.2, 0.25) is 0 Å². The van der Waals surface area contributed by atoms with Gasteiger partial charge in [0.25, 0.3) is 0 Å². The van der Waals surface area contributed by atoms with Crippen molar-refractivity contribution in [2.45, 2.75) is 6.54 Å². The topological polar surface area (TPSA) is 3.24 Å². The summed E-state index contributed by atoms with van der Waals surface area (Å²) in [7, 11) is 4.17. The van der Waals surface area contributed by atoms with E-state index in [1.165, 1.54) is 9.13 Å². The van der Waals surface area contributed by atoms with E-state index in [0.29, 0.717) is 0 Å². The molecular weight excluding hydrogens is 249 g/mol. The Kier molecular flexibility index (Phi) is 3.33. The van der Waals surface area contributed by atoms with E-state index in [2.05, 4.69) is 65.9 Å². The maximum absolute atomic E-state index is 2.33. The highest BCUT2D eigenvalue weighted by molar-refractivity contribution is 14.1. The maximum Gasteiger partial charge on any atom is 0.0228 e. The second-order valence-corrected chi connectivity index (χ2v) is 4.11. The van der Waals surface area contributed by atoms with Crippen LogP contribution in [0, 0.1) is 3.57 Å². The van der Waals surface area contributed by atoms with Crippen LogP contribution in [-0.2, 0) is 6.54 Å². The predicted octanol–water partition coefficient (Wildman–Crippen LogP) is 2.35. The Hall–Kier alpha value is -0.0900. The van der Waals surface area contributed by atoms with E-state index in [0.717, 1.165) is 6.54 Å². The van der Waals surface area contributed by atoms with Crippen LogP contribution < -0.4 is 0 Å². The predicted molar refractivity (Wildman–Crippen MR) is 56.6 cm³/mol. The van der Waals surface area contributed by atoms with Crippen molar-refractivity contribution in [1.82, 2.24) is 4.90 Å². The molecule has 2 heteroatoms. The first-order valence-corrected chi connectivity index (χ1v) is 4.65.